The molecule has 0 aliphatic rings. The molecule has 15 heavy (non-hydrogen) atoms. The van der Waals surface area contributed by atoms with Crippen LogP contribution in [0.25, 0.3) is 0 Å². The van der Waals surface area contributed by atoms with Crippen molar-refractivity contribution in [3.8, 4) is 0 Å². The Balaban J connectivity index is 2.73. The zero-order valence-corrected chi connectivity index (χ0v) is 11.2. The molecule has 0 aromatic heterocycles. The summed E-state index contributed by atoms with van der Waals surface area (Å²) in [5, 5.41) is 3.14. The van der Waals surface area contributed by atoms with Crippen LogP contribution >= 0.6 is 39.1 Å². The minimum Gasteiger partial charge on any atom is -0.351 e. The summed E-state index contributed by atoms with van der Waals surface area (Å²) in [7, 11) is 0. The van der Waals surface area contributed by atoms with Gasteiger partial charge in [-0.05, 0) is 25.1 Å². The standard InChI is InChI=1S/C10H10BrCl2NO/c1-6(12)5-14-10(15)7-2-8(11)4-9(13)3-7/h2-4,6H,5H2,1H3,(H,14,15). The van der Waals surface area contributed by atoms with Crippen molar-refractivity contribution in [3.63, 3.8) is 0 Å². The van der Waals surface area contributed by atoms with Crippen molar-refractivity contribution >= 4 is 45.0 Å². The molecule has 0 spiro atoms. The number of benzene rings is 1. The Kier molecular flexibility index (Phi) is 4.90. The maximum absolute atomic E-state index is 11.6. The van der Waals surface area contributed by atoms with Gasteiger partial charge in [0.25, 0.3) is 5.91 Å². The van der Waals surface area contributed by atoms with Gasteiger partial charge in [-0.1, -0.05) is 27.5 Å². The molecule has 1 atom stereocenters. The third kappa shape index (κ3) is 4.41. The average molecular weight is 311 g/mol. The smallest absolute Gasteiger partial charge is 0.251 e. The van der Waals surface area contributed by atoms with E-state index in [0.29, 0.717) is 17.1 Å². The van der Waals surface area contributed by atoms with Crippen LogP contribution in [0.1, 0.15) is 17.3 Å². The minimum atomic E-state index is -0.175. The molecule has 0 aliphatic heterocycles. The lowest BCUT2D eigenvalue weighted by Crippen LogP contribution is -2.28. The van der Waals surface area contributed by atoms with E-state index >= 15 is 0 Å². The van der Waals surface area contributed by atoms with Crippen LogP contribution in [-0.2, 0) is 0 Å². The summed E-state index contributed by atoms with van der Waals surface area (Å²) in [4.78, 5) is 11.6. The molecule has 0 heterocycles. The van der Waals surface area contributed by atoms with Crippen molar-refractivity contribution in [3.05, 3.63) is 33.3 Å². The molecule has 5 heteroatoms. The van der Waals surface area contributed by atoms with E-state index in [1.807, 2.05) is 6.92 Å². The fourth-order valence-corrected chi connectivity index (χ4v) is 1.96. The van der Waals surface area contributed by atoms with E-state index in [-0.39, 0.29) is 11.3 Å². The number of halogens is 3. The first-order chi connectivity index (χ1) is 6.99. The number of amides is 1. The number of rotatable bonds is 3. The molecule has 1 rings (SSSR count). The van der Waals surface area contributed by atoms with Gasteiger partial charge in [0.05, 0.1) is 0 Å². The molecule has 1 amide bonds. The second-order valence-electron chi connectivity index (χ2n) is 3.15. The molecule has 0 bridgehead atoms. The molecule has 0 saturated carbocycles. The third-order valence-electron chi connectivity index (χ3n) is 1.67. The predicted octanol–water partition coefficient (Wildman–Crippen LogP) is 3.46. The van der Waals surface area contributed by atoms with Crippen LogP contribution in [0.4, 0.5) is 0 Å². The van der Waals surface area contributed by atoms with E-state index in [1.165, 1.54) is 0 Å². The van der Waals surface area contributed by atoms with Gasteiger partial charge in [-0.2, -0.15) is 0 Å². The molecule has 1 aromatic rings. The van der Waals surface area contributed by atoms with Gasteiger partial charge in [0, 0.05) is 27.0 Å². The molecule has 82 valence electrons. The molecule has 1 aromatic carbocycles. The van der Waals surface area contributed by atoms with Gasteiger partial charge in [-0.3, -0.25) is 4.79 Å². The first-order valence-electron chi connectivity index (χ1n) is 4.37. The van der Waals surface area contributed by atoms with Crippen molar-refractivity contribution in [1.29, 1.82) is 0 Å². The first-order valence-corrected chi connectivity index (χ1v) is 5.98. The van der Waals surface area contributed by atoms with Crippen LogP contribution in [0.2, 0.25) is 5.02 Å². The highest BCUT2D eigenvalue weighted by Crippen LogP contribution is 2.19. The monoisotopic (exact) mass is 309 g/mol. The van der Waals surface area contributed by atoms with E-state index in [2.05, 4.69) is 21.2 Å². The second-order valence-corrected chi connectivity index (χ2v) is 5.25. The third-order valence-corrected chi connectivity index (χ3v) is 2.50. The number of hydrogen-bond donors (Lipinski definition) is 1. The van der Waals surface area contributed by atoms with Crippen LogP contribution in [0.5, 0.6) is 0 Å². The van der Waals surface area contributed by atoms with Gasteiger partial charge >= 0.3 is 0 Å². The van der Waals surface area contributed by atoms with Crippen LogP contribution in [0, 0.1) is 0 Å². The SMILES string of the molecule is CC(Cl)CNC(=O)c1cc(Cl)cc(Br)c1. The summed E-state index contributed by atoms with van der Waals surface area (Å²) < 4.78 is 0.777. The quantitative estimate of drug-likeness (QED) is 0.851. The predicted molar refractivity (Wildman–Crippen MR) is 66.8 cm³/mol. The highest BCUT2D eigenvalue weighted by atomic mass is 79.9. The highest BCUT2D eigenvalue weighted by molar-refractivity contribution is 9.10. The summed E-state index contributed by atoms with van der Waals surface area (Å²) in [6.07, 6.45) is 0. The van der Waals surface area contributed by atoms with Gasteiger partial charge in [0.1, 0.15) is 0 Å². The Labute approximate surface area is 107 Å². The van der Waals surface area contributed by atoms with E-state index < -0.39 is 0 Å². The summed E-state index contributed by atoms with van der Waals surface area (Å²) >= 11 is 14.8. The normalized spacial score (nSPS) is 12.3. The molecule has 0 aliphatic carbocycles. The lowest BCUT2D eigenvalue weighted by atomic mass is 10.2. The van der Waals surface area contributed by atoms with Crippen LogP contribution in [0.15, 0.2) is 22.7 Å². The number of nitrogens with one attached hydrogen (secondary N) is 1. The molecule has 1 unspecified atom stereocenters. The fraction of sp³-hybridized carbons (Fsp3) is 0.300. The van der Waals surface area contributed by atoms with Crippen LogP contribution in [0.3, 0.4) is 0 Å². The highest BCUT2D eigenvalue weighted by Gasteiger charge is 2.08. The zero-order chi connectivity index (χ0) is 11.4. The van der Waals surface area contributed by atoms with Crippen molar-refractivity contribution in [1.82, 2.24) is 5.32 Å². The Bertz CT molecular complexity index is 348. The Morgan fingerprint density at radius 1 is 1.53 bits per heavy atom. The van der Waals surface area contributed by atoms with Crippen molar-refractivity contribution < 1.29 is 4.79 Å². The van der Waals surface area contributed by atoms with Gasteiger partial charge in [0.15, 0.2) is 0 Å². The van der Waals surface area contributed by atoms with Crippen molar-refractivity contribution in [2.24, 2.45) is 0 Å². The first kappa shape index (κ1) is 12.8. The van der Waals surface area contributed by atoms with E-state index in [1.54, 1.807) is 18.2 Å². The molecular formula is C10H10BrCl2NO. The number of hydrogen-bond acceptors (Lipinski definition) is 1. The average Bonchev–Trinajstić information content (AvgIpc) is 2.12. The minimum absolute atomic E-state index is 0.0865. The molecule has 0 radical (unpaired) electrons. The van der Waals surface area contributed by atoms with Gasteiger partial charge in [-0.25, -0.2) is 0 Å². The van der Waals surface area contributed by atoms with Crippen LogP contribution < -0.4 is 5.32 Å². The number of carbonyl (C=O) groups excluding carboxylic acids is 1. The Morgan fingerprint density at radius 2 is 2.20 bits per heavy atom. The largest absolute Gasteiger partial charge is 0.351 e. The molecule has 0 fully saturated rings. The Morgan fingerprint density at radius 3 is 2.73 bits per heavy atom. The number of carbonyl (C=O) groups is 1. The van der Waals surface area contributed by atoms with Crippen LogP contribution in [-0.4, -0.2) is 17.8 Å². The fourth-order valence-electron chi connectivity index (χ4n) is 1.02. The lowest BCUT2D eigenvalue weighted by Gasteiger charge is -2.07. The van der Waals surface area contributed by atoms with E-state index in [9.17, 15) is 4.79 Å². The van der Waals surface area contributed by atoms with E-state index in [4.69, 9.17) is 23.2 Å². The van der Waals surface area contributed by atoms with Gasteiger partial charge in [0.2, 0.25) is 0 Å². The second kappa shape index (κ2) is 5.73. The molecule has 1 N–H and O–H groups in total. The lowest BCUT2D eigenvalue weighted by molar-refractivity contribution is 0.0954. The topological polar surface area (TPSA) is 29.1 Å². The Hall–Kier alpha value is -0.250. The summed E-state index contributed by atoms with van der Waals surface area (Å²) in [6.45, 7) is 2.25. The number of alkyl halides is 1. The molecule has 2 nitrogen and oxygen atoms in total. The van der Waals surface area contributed by atoms with Gasteiger partial charge in [-0.15, -0.1) is 11.6 Å². The molecule has 0 saturated heterocycles. The van der Waals surface area contributed by atoms with Gasteiger partial charge < -0.3 is 5.32 Å². The maximum Gasteiger partial charge on any atom is 0.251 e. The van der Waals surface area contributed by atoms with Crippen molar-refractivity contribution in [2.75, 3.05) is 6.54 Å². The van der Waals surface area contributed by atoms with E-state index in [0.717, 1.165) is 4.47 Å². The molecular weight excluding hydrogens is 301 g/mol. The summed E-state index contributed by atoms with van der Waals surface area (Å²) in [5.41, 5.74) is 0.520. The summed E-state index contributed by atoms with van der Waals surface area (Å²) in [6, 6.07) is 5.04. The summed E-state index contributed by atoms with van der Waals surface area (Å²) in [5.74, 6) is -0.175. The zero-order valence-electron chi connectivity index (χ0n) is 8.06. The maximum atomic E-state index is 11.6. The van der Waals surface area contributed by atoms with Crippen molar-refractivity contribution in [2.45, 2.75) is 12.3 Å².